The molecular formula is C10H9FO4S. The Kier molecular flexibility index (Phi) is 2.46. The molecule has 0 aromatic heterocycles. The van der Waals surface area contributed by atoms with Crippen molar-refractivity contribution in [1.82, 2.24) is 0 Å². The van der Waals surface area contributed by atoms with Crippen molar-refractivity contribution in [3.8, 4) is 0 Å². The fourth-order valence-electron chi connectivity index (χ4n) is 1.89. The molecule has 86 valence electrons. The van der Waals surface area contributed by atoms with Gasteiger partial charge in [-0.2, -0.15) is 0 Å². The van der Waals surface area contributed by atoms with Crippen LogP contribution in [-0.2, 0) is 14.6 Å². The predicted molar refractivity (Wildman–Crippen MR) is 54.1 cm³/mol. The summed E-state index contributed by atoms with van der Waals surface area (Å²) in [5.41, 5.74) is 0.207. The number of carbonyl (C=O) groups is 1. The lowest BCUT2D eigenvalue weighted by atomic mass is 9.99. The van der Waals surface area contributed by atoms with Crippen LogP contribution in [-0.4, -0.2) is 25.2 Å². The highest BCUT2D eigenvalue weighted by atomic mass is 32.2. The van der Waals surface area contributed by atoms with E-state index in [4.69, 9.17) is 5.11 Å². The van der Waals surface area contributed by atoms with Gasteiger partial charge in [-0.25, -0.2) is 12.8 Å². The molecule has 2 unspecified atom stereocenters. The van der Waals surface area contributed by atoms with E-state index in [1.165, 1.54) is 18.2 Å². The molecule has 2 atom stereocenters. The van der Waals surface area contributed by atoms with Gasteiger partial charge in [-0.3, -0.25) is 4.79 Å². The van der Waals surface area contributed by atoms with Crippen molar-refractivity contribution in [1.29, 1.82) is 0 Å². The summed E-state index contributed by atoms with van der Waals surface area (Å²) in [6, 6.07) is 5.06. The second kappa shape index (κ2) is 3.55. The first kappa shape index (κ1) is 11.1. The highest BCUT2D eigenvalue weighted by molar-refractivity contribution is 7.93. The van der Waals surface area contributed by atoms with Crippen LogP contribution >= 0.6 is 0 Å². The Morgan fingerprint density at radius 3 is 2.62 bits per heavy atom. The zero-order valence-electron chi connectivity index (χ0n) is 8.13. The Morgan fingerprint density at radius 1 is 1.44 bits per heavy atom. The van der Waals surface area contributed by atoms with Gasteiger partial charge in [-0.05, 0) is 17.7 Å². The molecule has 0 amide bonds. The molecular weight excluding hydrogens is 235 g/mol. The fraction of sp³-hybridized carbons (Fsp3) is 0.300. The normalized spacial score (nSPS) is 27.1. The van der Waals surface area contributed by atoms with E-state index in [2.05, 4.69) is 0 Å². The van der Waals surface area contributed by atoms with Gasteiger partial charge in [0.1, 0.15) is 11.1 Å². The van der Waals surface area contributed by atoms with Gasteiger partial charge in [0.05, 0.1) is 11.7 Å². The summed E-state index contributed by atoms with van der Waals surface area (Å²) >= 11 is 0. The summed E-state index contributed by atoms with van der Waals surface area (Å²) in [5, 5.41) is 7.70. The average Bonchev–Trinajstić information content (AvgIpc) is 2.14. The zero-order valence-corrected chi connectivity index (χ0v) is 8.95. The molecule has 1 N–H and O–H groups in total. The van der Waals surface area contributed by atoms with E-state index in [1.807, 2.05) is 0 Å². The third-order valence-electron chi connectivity index (χ3n) is 2.66. The van der Waals surface area contributed by atoms with E-state index in [-0.39, 0.29) is 11.3 Å². The third kappa shape index (κ3) is 1.69. The van der Waals surface area contributed by atoms with Crippen LogP contribution in [0.4, 0.5) is 4.39 Å². The maximum atomic E-state index is 12.9. The first-order valence-electron chi connectivity index (χ1n) is 4.61. The quantitative estimate of drug-likeness (QED) is 0.842. The molecule has 0 aliphatic carbocycles. The molecule has 0 saturated carbocycles. The molecule has 1 aliphatic heterocycles. The van der Waals surface area contributed by atoms with Gasteiger partial charge >= 0.3 is 5.97 Å². The van der Waals surface area contributed by atoms with Gasteiger partial charge in [0, 0.05) is 0 Å². The van der Waals surface area contributed by atoms with E-state index in [1.54, 1.807) is 0 Å². The van der Waals surface area contributed by atoms with Crippen LogP contribution in [0.25, 0.3) is 0 Å². The average molecular weight is 244 g/mol. The Labute approximate surface area is 91.6 Å². The minimum atomic E-state index is -3.43. The van der Waals surface area contributed by atoms with Gasteiger partial charge in [0.25, 0.3) is 0 Å². The topological polar surface area (TPSA) is 71.4 Å². The van der Waals surface area contributed by atoms with Crippen LogP contribution in [0.15, 0.2) is 24.3 Å². The van der Waals surface area contributed by atoms with Crippen LogP contribution in [0, 0.1) is 11.7 Å². The van der Waals surface area contributed by atoms with Gasteiger partial charge in [-0.15, -0.1) is 0 Å². The van der Waals surface area contributed by atoms with E-state index in [0.717, 1.165) is 6.07 Å². The van der Waals surface area contributed by atoms with Gasteiger partial charge in [-0.1, -0.05) is 12.1 Å². The van der Waals surface area contributed by atoms with Crippen molar-refractivity contribution >= 4 is 15.8 Å². The zero-order chi connectivity index (χ0) is 11.9. The number of hydrogen-bond donors (Lipinski definition) is 1. The molecule has 2 rings (SSSR count). The Balaban J connectivity index is 2.42. The first-order valence-corrected chi connectivity index (χ1v) is 6.33. The minimum Gasteiger partial charge on any atom is -0.481 e. The number of rotatable bonds is 2. The summed E-state index contributed by atoms with van der Waals surface area (Å²) in [4.78, 5) is 10.8. The molecule has 4 nitrogen and oxygen atoms in total. The molecule has 1 aromatic carbocycles. The number of halogens is 1. The van der Waals surface area contributed by atoms with Gasteiger partial charge in [0.2, 0.25) is 0 Å². The first-order chi connectivity index (χ1) is 7.42. The van der Waals surface area contributed by atoms with E-state index < -0.39 is 32.8 Å². The fourth-order valence-corrected chi connectivity index (χ4v) is 3.85. The minimum absolute atomic E-state index is 0.207. The second-order valence-corrected chi connectivity index (χ2v) is 5.92. The lowest BCUT2D eigenvalue weighted by Crippen LogP contribution is -2.44. The lowest BCUT2D eigenvalue weighted by molar-refractivity contribution is -0.141. The van der Waals surface area contributed by atoms with E-state index in [0.29, 0.717) is 0 Å². The maximum absolute atomic E-state index is 12.9. The van der Waals surface area contributed by atoms with E-state index >= 15 is 0 Å². The highest BCUT2D eigenvalue weighted by Gasteiger charge is 2.51. The molecule has 16 heavy (non-hydrogen) atoms. The largest absolute Gasteiger partial charge is 0.481 e. The van der Waals surface area contributed by atoms with Crippen LogP contribution in [0.2, 0.25) is 0 Å². The Morgan fingerprint density at radius 2 is 2.12 bits per heavy atom. The standard InChI is InChI=1S/C10H9FO4S/c11-7-3-1-2-6(4-7)9-8(10(12)13)5-16(9,14)15/h1-4,8-9H,5H2,(H,12,13). The van der Waals surface area contributed by atoms with Crippen LogP contribution in [0.3, 0.4) is 0 Å². The Hall–Kier alpha value is -1.43. The molecule has 6 heteroatoms. The highest BCUT2D eigenvalue weighted by Crippen LogP contribution is 2.41. The molecule has 1 heterocycles. The summed E-state index contributed by atoms with van der Waals surface area (Å²) in [6.45, 7) is 0. The summed E-state index contributed by atoms with van der Waals surface area (Å²) in [5.74, 6) is -3.07. The molecule has 1 aromatic rings. The van der Waals surface area contributed by atoms with Gasteiger partial charge in [0.15, 0.2) is 9.84 Å². The molecule has 0 radical (unpaired) electrons. The third-order valence-corrected chi connectivity index (χ3v) is 4.86. The second-order valence-electron chi connectivity index (χ2n) is 3.75. The monoisotopic (exact) mass is 244 g/mol. The van der Waals surface area contributed by atoms with Gasteiger partial charge < -0.3 is 5.11 Å². The van der Waals surface area contributed by atoms with Crippen LogP contribution in [0.5, 0.6) is 0 Å². The number of benzene rings is 1. The summed E-state index contributed by atoms with van der Waals surface area (Å²) < 4.78 is 35.8. The molecule has 1 aliphatic rings. The molecule has 0 spiro atoms. The lowest BCUT2D eigenvalue weighted by Gasteiger charge is -2.33. The van der Waals surface area contributed by atoms with Crippen LogP contribution < -0.4 is 0 Å². The number of hydrogen-bond acceptors (Lipinski definition) is 3. The van der Waals surface area contributed by atoms with E-state index in [9.17, 15) is 17.6 Å². The van der Waals surface area contributed by atoms with Crippen molar-refractivity contribution in [3.05, 3.63) is 35.6 Å². The van der Waals surface area contributed by atoms with Crippen molar-refractivity contribution < 1.29 is 22.7 Å². The van der Waals surface area contributed by atoms with Crippen molar-refractivity contribution in [2.75, 3.05) is 5.75 Å². The van der Waals surface area contributed by atoms with Crippen LogP contribution in [0.1, 0.15) is 10.8 Å². The SMILES string of the molecule is O=C(O)C1CS(=O)(=O)C1c1cccc(F)c1. The summed E-state index contributed by atoms with van der Waals surface area (Å²) in [7, 11) is -3.43. The van der Waals surface area contributed by atoms with Crippen molar-refractivity contribution in [2.24, 2.45) is 5.92 Å². The van der Waals surface area contributed by atoms with Crippen molar-refractivity contribution in [2.45, 2.75) is 5.25 Å². The number of carboxylic acid groups (broad SMARTS) is 1. The number of carboxylic acids is 1. The Bertz CT molecular complexity index is 538. The molecule has 1 saturated heterocycles. The number of sulfone groups is 1. The maximum Gasteiger partial charge on any atom is 0.309 e. The summed E-state index contributed by atoms with van der Waals surface area (Å²) in [6.07, 6.45) is 0. The number of aliphatic carboxylic acids is 1. The molecule has 0 bridgehead atoms. The predicted octanol–water partition coefficient (Wildman–Crippen LogP) is 0.996. The van der Waals surface area contributed by atoms with Crippen molar-refractivity contribution in [3.63, 3.8) is 0 Å². The smallest absolute Gasteiger partial charge is 0.309 e. The molecule has 1 fully saturated rings.